The highest BCUT2D eigenvalue weighted by molar-refractivity contribution is 5.80. The van der Waals surface area contributed by atoms with Crippen LogP contribution in [-0.4, -0.2) is 30.8 Å². The third-order valence-corrected chi connectivity index (χ3v) is 3.76. The summed E-state index contributed by atoms with van der Waals surface area (Å²) >= 11 is 0. The second kappa shape index (κ2) is 9.40. The van der Waals surface area contributed by atoms with Gasteiger partial charge in [-0.2, -0.15) is 0 Å². The van der Waals surface area contributed by atoms with Crippen LogP contribution in [0.4, 0.5) is 0 Å². The lowest BCUT2D eigenvalue weighted by atomic mass is 9.89. The van der Waals surface area contributed by atoms with Gasteiger partial charge >= 0.3 is 0 Å². The van der Waals surface area contributed by atoms with Crippen molar-refractivity contribution < 1.29 is 9.84 Å². The molecular formula is C19H33N3O2. The molecule has 0 saturated heterocycles. The lowest BCUT2D eigenvalue weighted by Gasteiger charge is -2.23. The van der Waals surface area contributed by atoms with E-state index in [1.807, 2.05) is 19.1 Å². The standard InChI is InChI=1S/C19H33N3O2/c1-7-20-18(22-14(2)11-12-19(3,4)5)21-13-15-9-8-10-16(24-6)17(15)23/h8-10,14,23H,7,11-13H2,1-6H3,(H2,20,21,22). The first kappa shape index (κ1) is 20.1. The Bertz CT molecular complexity index is 536. The molecule has 0 aromatic heterocycles. The number of rotatable bonds is 7. The van der Waals surface area contributed by atoms with Crippen molar-refractivity contribution in [3.05, 3.63) is 23.8 Å². The summed E-state index contributed by atoms with van der Waals surface area (Å²) < 4.78 is 5.14. The van der Waals surface area contributed by atoms with Gasteiger partial charge in [0.25, 0.3) is 0 Å². The highest BCUT2D eigenvalue weighted by Crippen LogP contribution is 2.29. The lowest BCUT2D eigenvalue weighted by Crippen LogP contribution is -2.42. The Morgan fingerprint density at radius 1 is 1.33 bits per heavy atom. The smallest absolute Gasteiger partial charge is 0.191 e. The van der Waals surface area contributed by atoms with E-state index in [-0.39, 0.29) is 5.75 Å². The first-order chi connectivity index (χ1) is 11.3. The Labute approximate surface area is 146 Å². The molecule has 0 aliphatic rings. The van der Waals surface area contributed by atoms with Gasteiger partial charge in [0, 0.05) is 18.2 Å². The molecule has 0 spiro atoms. The van der Waals surface area contributed by atoms with E-state index in [0.29, 0.717) is 23.8 Å². The highest BCUT2D eigenvalue weighted by Gasteiger charge is 2.13. The van der Waals surface area contributed by atoms with E-state index in [9.17, 15) is 5.11 Å². The molecule has 1 rings (SSSR count). The summed E-state index contributed by atoms with van der Waals surface area (Å²) in [6.07, 6.45) is 2.23. The van der Waals surface area contributed by atoms with E-state index < -0.39 is 0 Å². The van der Waals surface area contributed by atoms with Crippen LogP contribution < -0.4 is 15.4 Å². The van der Waals surface area contributed by atoms with Gasteiger partial charge in [0.1, 0.15) is 0 Å². The van der Waals surface area contributed by atoms with E-state index in [4.69, 9.17) is 4.74 Å². The summed E-state index contributed by atoms with van der Waals surface area (Å²) in [6.45, 7) is 12.2. The van der Waals surface area contributed by atoms with Crippen LogP contribution in [0.1, 0.15) is 53.0 Å². The Balaban J connectivity index is 2.72. The van der Waals surface area contributed by atoms with Crippen LogP contribution in [0.15, 0.2) is 23.2 Å². The number of ether oxygens (including phenoxy) is 1. The fourth-order valence-corrected chi connectivity index (χ4v) is 2.30. The molecule has 0 saturated carbocycles. The molecular weight excluding hydrogens is 302 g/mol. The lowest BCUT2D eigenvalue weighted by molar-refractivity contribution is 0.346. The summed E-state index contributed by atoms with van der Waals surface area (Å²) in [7, 11) is 1.55. The Hall–Kier alpha value is -1.91. The number of nitrogens with zero attached hydrogens (tertiary/aromatic N) is 1. The number of phenolic OH excluding ortho intramolecular Hbond substituents is 1. The average Bonchev–Trinajstić information content (AvgIpc) is 2.51. The molecule has 0 bridgehead atoms. The van der Waals surface area contributed by atoms with E-state index in [0.717, 1.165) is 30.9 Å². The zero-order chi connectivity index (χ0) is 18.2. The topological polar surface area (TPSA) is 65.9 Å². The van der Waals surface area contributed by atoms with Crippen molar-refractivity contribution in [3.8, 4) is 11.5 Å². The summed E-state index contributed by atoms with van der Waals surface area (Å²) in [5.41, 5.74) is 1.08. The van der Waals surface area contributed by atoms with Gasteiger partial charge < -0.3 is 20.5 Å². The number of para-hydroxylation sites is 1. The molecule has 3 N–H and O–H groups in total. The molecule has 136 valence electrons. The van der Waals surface area contributed by atoms with Crippen LogP contribution >= 0.6 is 0 Å². The van der Waals surface area contributed by atoms with Gasteiger partial charge in [-0.1, -0.05) is 32.9 Å². The van der Waals surface area contributed by atoms with Crippen LogP contribution in [0.3, 0.4) is 0 Å². The third kappa shape index (κ3) is 7.11. The first-order valence-electron chi connectivity index (χ1n) is 8.66. The Morgan fingerprint density at radius 3 is 2.62 bits per heavy atom. The van der Waals surface area contributed by atoms with Crippen molar-refractivity contribution in [1.29, 1.82) is 0 Å². The summed E-state index contributed by atoms with van der Waals surface area (Å²) in [4.78, 5) is 4.58. The van der Waals surface area contributed by atoms with Crippen molar-refractivity contribution >= 4 is 5.96 Å². The van der Waals surface area contributed by atoms with Gasteiger partial charge in [-0.25, -0.2) is 4.99 Å². The number of guanidine groups is 1. The Morgan fingerprint density at radius 2 is 2.04 bits per heavy atom. The summed E-state index contributed by atoms with van der Waals surface area (Å²) in [5, 5.41) is 16.8. The number of nitrogens with one attached hydrogen (secondary N) is 2. The minimum absolute atomic E-state index is 0.153. The van der Waals surface area contributed by atoms with Crippen LogP contribution in [0.25, 0.3) is 0 Å². The normalized spacial score (nSPS) is 13.5. The number of aromatic hydroxyl groups is 1. The molecule has 0 fully saturated rings. The van der Waals surface area contributed by atoms with Gasteiger partial charge in [-0.05, 0) is 38.2 Å². The predicted octanol–water partition coefficient (Wildman–Crippen LogP) is 3.67. The van der Waals surface area contributed by atoms with Crippen molar-refractivity contribution in [3.63, 3.8) is 0 Å². The molecule has 5 nitrogen and oxygen atoms in total. The van der Waals surface area contributed by atoms with Crippen molar-refractivity contribution in [2.75, 3.05) is 13.7 Å². The monoisotopic (exact) mass is 335 g/mol. The van der Waals surface area contributed by atoms with Crippen LogP contribution in [-0.2, 0) is 6.54 Å². The third-order valence-electron chi connectivity index (χ3n) is 3.76. The molecule has 1 aromatic rings. The second-order valence-corrected chi connectivity index (χ2v) is 7.31. The van der Waals surface area contributed by atoms with E-state index in [1.165, 1.54) is 0 Å². The van der Waals surface area contributed by atoms with Crippen LogP contribution in [0.2, 0.25) is 0 Å². The SMILES string of the molecule is CCNC(=NCc1cccc(OC)c1O)NC(C)CCC(C)(C)C. The van der Waals surface area contributed by atoms with Crippen LogP contribution in [0.5, 0.6) is 11.5 Å². The minimum Gasteiger partial charge on any atom is -0.504 e. The fourth-order valence-electron chi connectivity index (χ4n) is 2.30. The molecule has 0 aliphatic carbocycles. The maximum atomic E-state index is 10.2. The Kier molecular flexibility index (Phi) is 7.89. The molecule has 1 aromatic carbocycles. The largest absolute Gasteiger partial charge is 0.504 e. The zero-order valence-corrected chi connectivity index (χ0v) is 15.9. The molecule has 5 heteroatoms. The number of hydrogen-bond acceptors (Lipinski definition) is 3. The number of benzene rings is 1. The molecule has 0 aliphatic heterocycles. The number of methoxy groups -OCH3 is 1. The van der Waals surface area contributed by atoms with Crippen LogP contribution in [0, 0.1) is 5.41 Å². The molecule has 24 heavy (non-hydrogen) atoms. The van der Waals surface area contributed by atoms with E-state index in [1.54, 1.807) is 13.2 Å². The maximum absolute atomic E-state index is 10.2. The second-order valence-electron chi connectivity index (χ2n) is 7.31. The van der Waals surface area contributed by atoms with Crippen molar-refractivity contribution in [1.82, 2.24) is 10.6 Å². The maximum Gasteiger partial charge on any atom is 0.191 e. The number of hydrogen-bond donors (Lipinski definition) is 3. The van der Waals surface area contributed by atoms with E-state index >= 15 is 0 Å². The zero-order valence-electron chi connectivity index (χ0n) is 15.9. The molecule has 0 heterocycles. The van der Waals surface area contributed by atoms with Gasteiger partial charge in [0.15, 0.2) is 17.5 Å². The van der Waals surface area contributed by atoms with Gasteiger partial charge in [0.05, 0.1) is 13.7 Å². The average molecular weight is 335 g/mol. The number of aliphatic imine (C=N–C) groups is 1. The molecule has 1 atom stereocenters. The highest BCUT2D eigenvalue weighted by atomic mass is 16.5. The minimum atomic E-state index is 0.153. The summed E-state index contributed by atoms with van der Waals surface area (Å²) in [6, 6.07) is 5.78. The number of phenols is 1. The molecule has 0 radical (unpaired) electrons. The van der Waals surface area contributed by atoms with Crippen molar-refractivity contribution in [2.24, 2.45) is 10.4 Å². The van der Waals surface area contributed by atoms with Gasteiger partial charge in [-0.15, -0.1) is 0 Å². The van der Waals surface area contributed by atoms with Gasteiger partial charge in [-0.3, -0.25) is 0 Å². The summed E-state index contributed by atoms with van der Waals surface area (Å²) in [5.74, 6) is 1.39. The molecule has 1 unspecified atom stereocenters. The van der Waals surface area contributed by atoms with Crippen molar-refractivity contribution in [2.45, 2.75) is 60.0 Å². The predicted molar refractivity (Wildman–Crippen MR) is 101 cm³/mol. The first-order valence-corrected chi connectivity index (χ1v) is 8.66. The van der Waals surface area contributed by atoms with Gasteiger partial charge in [0.2, 0.25) is 0 Å². The molecule has 0 amide bonds. The van der Waals surface area contributed by atoms with E-state index in [2.05, 4.69) is 43.3 Å². The fraction of sp³-hybridized carbons (Fsp3) is 0.632. The quantitative estimate of drug-likeness (QED) is 0.525.